The number of nitrogens with two attached hydrogens (primary N) is 1. The van der Waals surface area contributed by atoms with E-state index in [9.17, 15) is 0 Å². The van der Waals surface area contributed by atoms with E-state index < -0.39 is 0 Å². The van der Waals surface area contributed by atoms with Crippen LogP contribution in [0.5, 0.6) is 0 Å². The molecule has 80 valence electrons. The zero-order chi connectivity index (χ0) is 11.3. The van der Waals surface area contributed by atoms with Crippen LogP contribution >= 0.6 is 38.9 Å². The van der Waals surface area contributed by atoms with Crippen molar-refractivity contribution in [1.82, 2.24) is 9.97 Å². The molecule has 3 aromatic rings. The molecule has 0 spiro atoms. The summed E-state index contributed by atoms with van der Waals surface area (Å²) in [6.45, 7) is 0. The van der Waals surface area contributed by atoms with Crippen molar-refractivity contribution in [2.24, 2.45) is 0 Å². The molecular weight excluding hydrogens is 310 g/mol. The van der Waals surface area contributed by atoms with Crippen molar-refractivity contribution in [2.75, 3.05) is 5.73 Å². The molecule has 0 amide bonds. The Morgan fingerprint density at radius 3 is 3.00 bits per heavy atom. The first-order chi connectivity index (χ1) is 7.65. The lowest BCUT2D eigenvalue weighted by molar-refractivity contribution is 1.36. The Hall–Kier alpha value is -0.910. The van der Waals surface area contributed by atoms with E-state index in [1.54, 1.807) is 6.20 Å². The number of aromatic nitrogens is 2. The molecule has 2 aromatic heterocycles. The number of nitrogens with zero attached hydrogens (tertiary/aromatic N) is 2. The first-order valence-corrected chi connectivity index (χ1v) is 6.43. The summed E-state index contributed by atoms with van der Waals surface area (Å²) in [6.07, 6.45) is 1.75. The van der Waals surface area contributed by atoms with E-state index in [0.717, 1.165) is 25.5 Å². The van der Waals surface area contributed by atoms with Crippen molar-refractivity contribution < 1.29 is 0 Å². The maximum atomic E-state index is 5.90. The SMILES string of the molecule is Nc1nc2c(Br)cc3cnc(Cl)cc3c2s1. The van der Waals surface area contributed by atoms with Gasteiger partial charge in [-0.1, -0.05) is 22.9 Å². The third-order valence-electron chi connectivity index (χ3n) is 2.30. The summed E-state index contributed by atoms with van der Waals surface area (Å²) in [5.74, 6) is 0. The number of rotatable bonds is 0. The zero-order valence-electron chi connectivity index (χ0n) is 7.87. The van der Waals surface area contributed by atoms with Crippen LogP contribution in [-0.4, -0.2) is 9.97 Å². The number of anilines is 1. The molecule has 3 nitrogen and oxygen atoms in total. The number of fused-ring (bicyclic) bond motifs is 3. The summed E-state index contributed by atoms with van der Waals surface area (Å²) in [4.78, 5) is 8.34. The topological polar surface area (TPSA) is 51.8 Å². The third kappa shape index (κ3) is 1.47. The Morgan fingerprint density at radius 2 is 2.19 bits per heavy atom. The molecule has 2 heterocycles. The van der Waals surface area contributed by atoms with Crippen molar-refractivity contribution >= 4 is 65.0 Å². The summed E-state index contributed by atoms with van der Waals surface area (Å²) in [5.41, 5.74) is 6.60. The van der Waals surface area contributed by atoms with Gasteiger partial charge in [-0.3, -0.25) is 0 Å². The van der Waals surface area contributed by atoms with Gasteiger partial charge < -0.3 is 5.73 Å². The highest BCUT2D eigenvalue weighted by atomic mass is 79.9. The maximum Gasteiger partial charge on any atom is 0.181 e. The number of pyridine rings is 1. The molecule has 0 fully saturated rings. The van der Waals surface area contributed by atoms with Crippen molar-refractivity contribution in [3.05, 3.63) is 28.0 Å². The fraction of sp³-hybridized carbons (Fsp3) is 0. The van der Waals surface area contributed by atoms with Gasteiger partial charge in [0.15, 0.2) is 5.13 Å². The van der Waals surface area contributed by atoms with E-state index in [4.69, 9.17) is 17.3 Å². The number of nitrogen functional groups attached to an aromatic ring is 1. The molecule has 0 atom stereocenters. The summed E-state index contributed by atoms with van der Waals surface area (Å²) in [5, 5.41) is 3.08. The molecule has 0 radical (unpaired) electrons. The first-order valence-electron chi connectivity index (χ1n) is 4.45. The second kappa shape index (κ2) is 3.55. The fourth-order valence-electron chi connectivity index (χ4n) is 1.64. The minimum Gasteiger partial charge on any atom is -0.375 e. The average molecular weight is 315 g/mol. The smallest absolute Gasteiger partial charge is 0.181 e. The van der Waals surface area contributed by atoms with Gasteiger partial charge in [0.2, 0.25) is 0 Å². The van der Waals surface area contributed by atoms with E-state index in [0.29, 0.717) is 10.3 Å². The van der Waals surface area contributed by atoms with Crippen LogP contribution in [0, 0.1) is 0 Å². The molecule has 0 aliphatic rings. The van der Waals surface area contributed by atoms with Gasteiger partial charge in [-0.15, -0.1) is 0 Å². The summed E-state index contributed by atoms with van der Waals surface area (Å²) >= 11 is 10.8. The van der Waals surface area contributed by atoms with Gasteiger partial charge in [-0.25, -0.2) is 9.97 Å². The van der Waals surface area contributed by atoms with Gasteiger partial charge in [0.05, 0.1) is 10.2 Å². The molecule has 16 heavy (non-hydrogen) atoms. The number of benzene rings is 1. The molecule has 0 saturated carbocycles. The second-order valence-electron chi connectivity index (χ2n) is 3.32. The molecule has 0 aliphatic heterocycles. The zero-order valence-corrected chi connectivity index (χ0v) is 11.0. The Morgan fingerprint density at radius 1 is 1.38 bits per heavy atom. The molecular formula is C10H5BrClN3S. The van der Waals surface area contributed by atoms with Crippen LogP contribution in [0.4, 0.5) is 5.13 Å². The number of halogens is 2. The van der Waals surface area contributed by atoms with Crippen LogP contribution in [0.2, 0.25) is 5.15 Å². The van der Waals surface area contributed by atoms with Crippen molar-refractivity contribution in [3.8, 4) is 0 Å². The Bertz CT molecular complexity index is 710. The summed E-state index contributed by atoms with van der Waals surface area (Å²) in [6, 6.07) is 3.81. The predicted octanol–water partition coefficient (Wildman–Crippen LogP) is 3.84. The lowest BCUT2D eigenvalue weighted by Crippen LogP contribution is -1.81. The van der Waals surface area contributed by atoms with E-state index in [1.807, 2.05) is 12.1 Å². The molecule has 3 rings (SSSR count). The van der Waals surface area contributed by atoms with Crippen molar-refractivity contribution in [1.29, 1.82) is 0 Å². The third-order valence-corrected chi connectivity index (χ3v) is 4.03. The molecule has 2 N–H and O–H groups in total. The fourth-order valence-corrected chi connectivity index (χ4v) is 3.35. The van der Waals surface area contributed by atoms with Crippen LogP contribution in [0.15, 0.2) is 22.8 Å². The van der Waals surface area contributed by atoms with Crippen LogP contribution in [0.25, 0.3) is 21.0 Å². The van der Waals surface area contributed by atoms with Gasteiger partial charge in [0.25, 0.3) is 0 Å². The maximum absolute atomic E-state index is 5.90. The molecule has 0 saturated heterocycles. The standard InChI is InChI=1S/C10H5BrClN3S/c11-6-1-4-3-14-7(12)2-5(4)9-8(6)15-10(13)16-9/h1-3H,(H2,13,15). The molecule has 0 aliphatic carbocycles. The molecule has 0 unspecified atom stereocenters. The molecule has 1 aromatic carbocycles. The average Bonchev–Trinajstić information content (AvgIpc) is 2.62. The first kappa shape index (κ1) is 10.3. The van der Waals surface area contributed by atoms with Crippen LogP contribution in [0.1, 0.15) is 0 Å². The minimum atomic E-state index is 0.475. The minimum absolute atomic E-state index is 0.475. The normalized spacial score (nSPS) is 11.4. The lowest BCUT2D eigenvalue weighted by Gasteiger charge is -2.00. The van der Waals surface area contributed by atoms with Crippen molar-refractivity contribution in [2.45, 2.75) is 0 Å². The Labute approximate surface area is 108 Å². The van der Waals surface area contributed by atoms with Crippen LogP contribution in [0.3, 0.4) is 0 Å². The second-order valence-corrected chi connectivity index (χ2v) is 5.59. The summed E-state index contributed by atoms with van der Waals surface area (Å²) in [7, 11) is 0. The highest BCUT2D eigenvalue weighted by molar-refractivity contribution is 9.10. The largest absolute Gasteiger partial charge is 0.375 e. The van der Waals surface area contributed by atoms with Gasteiger partial charge in [-0.2, -0.15) is 0 Å². The van der Waals surface area contributed by atoms with E-state index in [1.165, 1.54) is 11.3 Å². The van der Waals surface area contributed by atoms with E-state index in [2.05, 4.69) is 25.9 Å². The monoisotopic (exact) mass is 313 g/mol. The molecule has 6 heteroatoms. The van der Waals surface area contributed by atoms with Gasteiger partial charge in [0.1, 0.15) is 5.15 Å². The molecule has 0 bridgehead atoms. The highest BCUT2D eigenvalue weighted by Crippen LogP contribution is 2.36. The van der Waals surface area contributed by atoms with Crippen LogP contribution in [-0.2, 0) is 0 Å². The number of thiazole rings is 1. The van der Waals surface area contributed by atoms with Gasteiger partial charge in [0, 0.05) is 21.4 Å². The number of hydrogen-bond donors (Lipinski definition) is 1. The quantitative estimate of drug-likeness (QED) is 0.641. The summed E-state index contributed by atoms with van der Waals surface area (Å²) < 4.78 is 1.96. The highest BCUT2D eigenvalue weighted by Gasteiger charge is 2.10. The van der Waals surface area contributed by atoms with E-state index in [-0.39, 0.29) is 0 Å². The number of hydrogen-bond acceptors (Lipinski definition) is 4. The predicted molar refractivity (Wildman–Crippen MR) is 72.0 cm³/mol. The Balaban J connectivity index is 2.59. The lowest BCUT2D eigenvalue weighted by atomic mass is 10.2. The van der Waals surface area contributed by atoms with Crippen LogP contribution < -0.4 is 5.73 Å². The van der Waals surface area contributed by atoms with Gasteiger partial charge >= 0.3 is 0 Å². The van der Waals surface area contributed by atoms with E-state index >= 15 is 0 Å². The van der Waals surface area contributed by atoms with Gasteiger partial charge in [-0.05, 0) is 28.1 Å². The van der Waals surface area contributed by atoms with Crippen molar-refractivity contribution in [3.63, 3.8) is 0 Å². The Kier molecular flexibility index (Phi) is 2.27.